The van der Waals surface area contributed by atoms with Gasteiger partial charge < -0.3 is 13.6 Å². The molecule has 3 aromatic heterocycles. The smallest absolute Gasteiger partial charge is 0.135 e. The third-order valence-electron chi connectivity index (χ3n) is 10.7. The summed E-state index contributed by atoms with van der Waals surface area (Å²) in [7, 11) is 52.1. The van der Waals surface area contributed by atoms with Gasteiger partial charge in [0, 0.05) is 44.0 Å². The molecule has 53 heavy (non-hydrogen) atoms. The van der Waals surface area contributed by atoms with E-state index in [1.165, 1.54) is 10.8 Å². The fraction of sp³-hybridized carbons (Fsp3) is 0. The quantitative estimate of drug-likeness (QED) is 0.267. The highest BCUT2D eigenvalue weighted by molar-refractivity contribution is 6.71. The van der Waals surface area contributed by atoms with Crippen LogP contribution in [0.4, 0.5) is 0 Å². The number of furan rings is 1. The molecular formula is C42H18B8N2O. The number of nitrogens with zero attached hydrogens (tertiary/aromatic N) is 2. The van der Waals surface area contributed by atoms with Crippen molar-refractivity contribution in [1.29, 1.82) is 0 Å². The zero-order chi connectivity index (χ0) is 36.4. The van der Waals surface area contributed by atoms with E-state index in [4.69, 9.17) is 67.2 Å². The SMILES string of the molecule is [B]c1c([B])c([B])c2c(c1[B])c1c([B])c([B])c([B])c([B])c1n2-c1ccc2oc3ccc(-c4ccc5c(c4)c4ccccc4n5-c4ccccc4)cc3c2c1. The molecule has 0 spiro atoms. The Kier molecular flexibility index (Phi) is 6.96. The van der Waals surface area contributed by atoms with Crippen LogP contribution in [0.25, 0.3) is 88.1 Å². The Morgan fingerprint density at radius 3 is 1.53 bits per heavy atom. The highest BCUT2D eigenvalue weighted by Crippen LogP contribution is 2.38. The molecule has 3 heterocycles. The number of aromatic nitrogens is 2. The molecule has 16 radical (unpaired) electrons. The lowest BCUT2D eigenvalue weighted by Gasteiger charge is -2.17. The molecule has 10 aromatic rings. The van der Waals surface area contributed by atoms with Crippen molar-refractivity contribution in [3.8, 4) is 22.5 Å². The van der Waals surface area contributed by atoms with Crippen molar-refractivity contribution in [1.82, 2.24) is 9.13 Å². The fourth-order valence-corrected chi connectivity index (χ4v) is 8.06. The fourth-order valence-electron chi connectivity index (χ4n) is 8.06. The van der Waals surface area contributed by atoms with Gasteiger partial charge in [-0.05, 0) is 82.6 Å². The third kappa shape index (κ3) is 4.40. The molecule has 0 amide bonds. The van der Waals surface area contributed by atoms with Crippen molar-refractivity contribution in [2.45, 2.75) is 0 Å². The number of hydrogen-bond acceptors (Lipinski definition) is 1. The van der Waals surface area contributed by atoms with Crippen molar-refractivity contribution < 1.29 is 4.42 Å². The highest BCUT2D eigenvalue weighted by Gasteiger charge is 2.23. The Balaban J connectivity index is 1.21. The normalized spacial score (nSPS) is 12.0. The summed E-state index contributed by atoms with van der Waals surface area (Å²) >= 11 is 0. The predicted octanol–water partition coefficient (Wildman–Crippen LogP) is 1.80. The maximum atomic E-state index is 6.70. The molecule has 0 saturated heterocycles. The molecule has 0 N–H and O–H groups in total. The van der Waals surface area contributed by atoms with Gasteiger partial charge in [0.25, 0.3) is 0 Å². The molecule has 0 fully saturated rings. The number of rotatable bonds is 3. The summed E-state index contributed by atoms with van der Waals surface area (Å²) < 4.78 is 10.5. The molecule has 10 rings (SSSR count). The van der Waals surface area contributed by atoms with Crippen molar-refractivity contribution in [3.63, 3.8) is 0 Å². The van der Waals surface area contributed by atoms with Crippen LogP contribution < -0.4 is 43.7 Å². The lowest BCUT2D eigenvalue weighted by atomic mass is 9.63. The summed E-state index contributed by atoms with van der Waals surface area (Å²) in [5.41, 5.74) is 10.1. The predicted molar refractivity (Wildman–Crippen MR) is 231 cm³/mol. The summed E-state index contributed by atoms with van der Waals surface area (Å²) in [6.45, 7) is 0. The van der Waals surface area contributed by atoms with Gasteiger partial charge in [-0.2, -0.15) is 0 Å². The highest BCUT2D eigenvalue weighted by atomic mass is 16.3. The van der Waals surface area contributed by atoms with Crippen LogP contribution >= 0.6 is 0 Å². The second kappa shape index (κ2) is 11.5. The number of hydrogen-bond donors (Lipinski definition) is 0. The number of para-hydroxylation sites is 2. The van der Waals surface area contributed by atoms with Crippen LogP contribution in [0.2, 0.25) is 0 Å². The lowest BCUT2D eigenvalue weighted by Crippen LogP contribution is -2.49. The second-order valence-electron chi connectivity index (χ2n) is 13.5. The minimum Gasteiger partial charge on any atom is -0.456 e. The van der Waals surface area contributed by atoms with Gasteiger partial charge in [0.05, 0.1) is 11.0 Å². The first-order valence-corrected chi connectivity index (χ1v) is 17.0. The van der Waals surface area contributed by atoms with Gasteiger partial charge in [0.15, 0.2) is 0 Å². The van der Waals surface area contributed by atoms with E-state index in [0.717, 1.165) is 44.2 Å². The Morgan fingerprint density at radius 2 is 0.868 bits per heavy atom. The maximum absolute atomic E-state index is 6.70. The van der Waals surface area contributed by atoms with Crippen molar-refractivity contribution >= 4 is 172 Å². The summed E-state index contributed by atoms with van der Waals surface area (Å²) in [4.78, 5) is 0. The van der Waals surface area contributed by atoms with Crippen LogP contribution in [-0.2, 0) is 0 Å². The first kappa shape index (κ1) is 32.1. The minimum absolute atomic E-state index is 0.147. The first-order chi connectivity index (χ1) is 25.6. The zero-order valence-corrected chi connectivity index (χ0v) is 28.3. The first-order valence-electron chi connectivity index (χ1n) is 17.0. The molecular weight excluding hydrogens is 635 g/mol. The van der Waals surface area contributed by atoms with E-state index in [1.54, 1.807) is 0 Å². The third-order valence-corrected chi connectivity index (χ3v) is 10.7. The van der Waals surface area contributed by atoms with Gasteiger partial charge in [-0.3, -0.25) is 0 Å². The monoisotopic (exact) mass is 654 g/mol. The Labute approximate surface area is 316 Å². The van der Waals surface area contributed by atoms with Crippen LogP contribution in [-0.4, -0.2) is 71.9 Å². The largest absolute Gasteiger partial charge is 0.456 e. The molecule has 0 unspecified atom stereocenters. The lowest BCUT2D eigenvalue weighted by molar-refractivity contribution is 0.669. The van der Waals surface area contributed by atoms with Gasteiger partial charge >= 0.3 is 0 Å². The van der Waals surface area contributed by atoms with Crippen molar-refractivity contribution in [3.05, 3.63) is 109 Å². The van der Waals surface area contributed by atoms with E-state index in [2.05, 4.69) is 83.4 Å². The topological polar surface area (TPSA) is 23.0 Å². The van der Waals surface area contributed by atoms with E-state index < -0.39 is 0 Å². The van der Waals surface area contributed by atoms with Crippen LogP contribution in [0.5, 0.6) is 0 Å². The van der Waals surface area contributed by atoms with Crippen LogP contribution in [0.1, 0.15) is 0 Å². The van der Waals surface area contributed by atoms with Crippen molar-refractivity contribution in [2.75, 3.05) is 0 Å². The van der Waals surface area contributed by atoms with Crippen molar-refractivity contribution in [2.24, 2.45) is 0 Å². The van der Waals surface area contributed by atoms with E-state index in [0.29, 0.717) is 33.1 Å². The van der Waals surface area contributed by atoms with E-state index in [1.807, 2.05) is 34.9 Å². The van der Waals surface area contributed by atoms with Gasteiger partial charge in [-0.25, -0.2) is 0 Å². The molecule has 11 heteroatoms. The van der Waals surface area contributed by atoms with E-state index in [9.17, 15) is 0 Å². The number of fused-ring (bicyclic) bond motifs is 9. The Morgan fingerprint density at radius 1 is 0.358 bits per heavy atom. The van der Waals surface area contributed by atoms with E-state index in [-0.39, 0.29) is 43.7 Å². The molecule has 0 aliphatic rings. The molecule has 226 valence electrons. The summed E-state index contributed by atoms with van der Waals surface area (Å²) in [5.74, 6) is 0. The van der Waals surface area contributed by atoms with Gasteiger partial charge in [-0.1, -0.05) is 70.4 Å². The summed E-state index contributed by atoms with van der Waals surface area (Å²) in [6.07, 6.45) is 0. The van der Waals surface area contributed by atoms with Crippen LogP contribution in [0.15, 0.2) is 114 Å². The zero-order valence-electron chi connectivity index (χ0n) is 28.3. The molecule has 0 aliphatic carbocycles. The summed E-state index contributed by atoms with van der Waals surface area (Å²) in [5, 5.41) is 5.14. The van der Waals surface area contributed by atoms with Gasteiger partial charge in [0.2, 0.25) is 0 Å². The maximum Gasteiger partial charge on any atom is 0.135 e. The van der Waals surface area contributed by atoms with E-state index >= 15 is 0 Å². The van der Waals surface area contributed by atoms with Gasteiger partial charge in [-0.15, -0.1) is 21.9 Å². The molecule has 0 atom stereocenters. The second-order valence-corrected chi connectivity index (χ2v) is 13.5. The average molecular weight is 653 g/mol. The van der Waals surface area contributed by atoms with Gasteiger partial charge in [0.1, 0.15) is 73.9 Å². The minimum atomic E-state index is 0.147. The standard InChI is InChI=1S/C42H18B8N2O/c43-33-31-32-34(44)36(46)38(48)40(50)42(32)52(41(31)39(49)37(47)35(33)45)22-12-15-30-26(18-22)25-17-20(11-14-29(25)53-30)19-10-13-28-24(16-19)23-8-4-5-9-27(23)51(28)21-6-2-1-3-7-21/h1-18H. The molecule has 0 bridgehead atoms. The number of benzene rings is 7. The molecule has 7 aromatic carbocycles. The summed E-state index contributed by atoms with van der Waals surface area (Å²) in [6, 6.07) is 37.6. The molecule has 0 saturated carbocycles. The van der Waals surface area contributed by atoms with Crippen LogP contribution in [0.3, 0.4) is 0 Å². The Bertz CT molecular complexity index is 3140. The Hall–Kier alpha value is -5.54. The molecule has 3 nitrogen and oxygen atoms in total. The molecule has 0 aliphatic heterocycles. The average Bonchev–Trinajstić information content (AvgIpc) is 3.85. The van der Waals surface area contributed by atoms with Crippen LogP contribution in [0, 0.1) is 0 Å².